The molecule has 0 bridgehead atoms. The van der Waals surface area contributed by atoms with Gasteiger partial charge in [0.15, 0.2) is 0 Å². The van der Waals surface area contributed by atoms with Gasteiger partial charge in [-0.1, -0.05) is 0 Å². The molecule has 9 heteroatoms. The van der Waals surface area contributed by atoms with Crippen LogP contribution in [-0.4, -0.2) is 45.2 Å². The second-order valence-electron chi connectivity index (χ2n) is 6.12. The van der Waals surface area contributed by atoms with E-state index < -0.39 is 10.0 Å². The number of nitriles is 1. The van der Waals surface area contributed by atoms with E-state index in [9.17, 15) is 13.2 Å². The number of rotatable bonds is 6. The average Bonchev–Trinajstić information content (AvgIpc) is 3.09. The van der Waals surface area contributed by atoms with E-state index in [1.807, 2.05) is 6.07 Å². The van der Waals surface area contributed by atoms with E-state index in [0.717, 1.165) is 5.56 Å². The molecule has 0 fully saturated rings. The van der Waals surface area contributed by atoms with Crippen LogP contribution in [0, 0.1) is 11.3 Å². The van der Waals surface area contributed by atoms with Gasteiger partial charge in [-0.15, -0.1) is 0 Å². The van der Waals surface area contributed by atoms with Gasteiger partial charge in [-0.25, -0.2) is 13.4 Å². The third-order valence-electron chi connectivity index (χ3n) is 4.23. The standard InChI is InChI=1S/C18H19N5O3S/c1-27(25,26)23-10-6-13-11-14(4-5-16(13)23)18(24)22-9-8-21-17-15(12-19)3-2-7-20-17/h2-5,7,11H,6,8-10H2,1H3,(H,20,21)(H,22,24). The van der Waals surface area contributed by atoms with Gasteiger partial charge in [0.05, 0.1) is 17.5 Å². The number of pyridine rings is 1. The number of nitrogens with zero attached hydrogens (tertiary/aromatic N) is 3. The Morgan fingerprint density at radius 1 is 1.33 bits per heavy atom. The molecule has 2 aromatic rings. The fourth-order valence-corrected chi connectivity index (χ4v) is 3.91. The molecule has 0 saturated carbocycles. The monoisotopic (exact) mass is 385 g/mol. The van der Waals surface area contributed by atoms with Crippen molar-refractivity contribution in [1.82, 2.24) is 10.3 Å². The molecule has 1 aliphatic rings. The lowest BCUT2D eigenvalue weighted by Crippen LogP contribution is -2.29. The summed E-state index contributed by atoms with van der Waals surface area (Å²) in [6.07, 6.45) is 3.35. The van der Waals surface area contributed by atoms with Crippen molar-refractivity contribution < 1.29 is 13.2 Å². The SMILES string of the molecule is CS(=O)(=O)N1CCc2cc(C(=O)NCCNc3ncccc3C#N)ccc21. The van der Waals surface area contributed by atoms with Crippen LogP contribution >= 0.6 is 0 Å². The van der Waals surface area contributed by atoms with Crippen LogP contribution < -0.4 is 14.9 Å². The van der Waals surface area contributed by atoms with Crippen molar-refractivity contribution in [3.8, 4) is 6.07 Å². The molecule has 140 valence electrons. The summed E-state index contributed by atoms with van der Waals surface area (Å²) in [5.41, 5.74) is 2.41. The van der Waals surface area contributed by atoms with Crippen LogP contribution in [0.2, 0.25) is 0 Å². The van der Waals surface area contributed by atoms with Gasteiger partial charge in [-0.3, -0.25) is 9.10 Å². The third-order valence-corrected chi connectivity index (χ3v) is 5.41. The number of aromatic nitrogens is 1. The molecule has 2 N–H and O–H groups in total. The van der Waals surface area contributed by atoms with E-state index in [0.29, 0.717) is 48.7 Å². The molecule has 1 aliphatic heterocycles. The molecule has 0 radical (unpaired) electrons. The Morgan fingerprint density at radius 2 is 2.15 bits per heavy atom. The Morgan fingerprint density at radius 3 is 2.89 bits per heavy atom. The van der Waals surface area contributed by atoms with Gasteiger partial charge in [-0.05, 0) is 42.3 Å². The molecule has 0 atom stereocenters. The van der Waals surface area contributed by atoms with Gasteiger partial charge in [0.1, 0.15) is 11.9 Å². The zero-order valence-corrected chi connectivity index (χ0v) is 15.6. The topological polar surface area (TPSA) is 115 Å². The van der Waals surface area contributed by atoms with Crippen LogP contribution in [-0.2, 0) is 16.4 Å². The fraction of sp³-hybridized carbons (Fsp3) is 0.278. The molecule has 0 unspecified atom stereocenters. The molecule has 3 rings (SSSR count). The number of benzene rings is 1. The number of hydrogen-bond donors (Lipinski definition) is 2. The minimum Gasteiger partial charge on any atom is -0.367 e. The zero-order valence-electron chi connectivity index (χ0n) is 14.8. The average molecular weight is 385 g/mol. The lowest BCUT2D eigenvalue weighted by molar-refractivity contribution is 0.0955. The second kappa shape index (κ2) is 7.63. The Balaban J connectivity index is 1.57. The van der Waals surface area contributed by atoms with Gasteiger partial charge in [-0.2, -0.15) is 5.26 Å². The van der Waals surface area contributed by atoms with Gasteiger partial charge in [0.2, 0.25) is 10.0 Å². The number of amides is 1. The highest BCUT2D eigenvalue weighted by atomic mass is 32.2. The maximum Gasteiger partial charge on any atom is 0.251 e. The summed E-state index contributed by atoms with van der Waals surface area (Å²) in [7, 11) is -3.30. The normalized spacial score (nSPS) is 13.0. The Hall–Kier alpha value is -3.12. The number of carbonyl (C=O) groups excluding carboxylic acids is 1. The van der Waals surface area contributed by atoms with E-state index in [1.165, 1.54) is 10.6 Å². The minimum atomic E-state index is -3.30. The lowest BCUT2D eigenvalue weighted by atomic mass is 10.1. The van der Waals surface area contributed by atoms with Crippen LogP contribution in [0.3, 0.4) is 0 Å². The van der Waals surface area contributed by atoms with Crippen molar-refractivity contribution in [2.45, 2.75) is 6.42 Å². The largest absolute Gasteiger partial charge is 0.367 e. The summed E-state index contributed by atoms with van der Waals surface area (Å²) in [6.45, 7) is 1.17. The summed E-state index contributed by atoms with van der Waals surface area (Å²) in [5, 5.41) is 14.8. The van der Waals surface area contributed by atoms with E-state index >= 15 is 0 Å². The van der Waals surface area contributed by atoms with Crippen molar-refractivity contribution in [3.63, 3.8) is 0 Å². The first-order chi connectivity index (χ1) is 12.9. The van der Waals surface area contributed by atoms with Crippen LogP contribution in [0.4, 0.5) is 11.5 Å². The number of nitrogens with one attached hydrogen (secondary N) is 2. The van der Waals surface area contributed by atoms with Gasteiger partial charge < -0.3 is 10.6 Å². The summed E-state index contributed by atoms with van der Waals surface area (Å²) in [5.74, 6) is 0.242. The van der Waals surface area contributed by atoms with E-state index in [4.69, 9.17) is 5.26 Å². The molecule has 1 aromatic carbocycles. The molecular weight excluding hydrogens is 366 g/mol. The summed E-state index contributed by atoms with van der Waals surface area (Å²) < 4.78 is 24.9. The van der Waals surface area contributed by atoms with Crippen molar-refractivity contribution in [2.75, 3.05) is 35.5 Å². The predicted octanol–water partition coefficient (Wildman–Crippen LogP) is 1.12. The Labute approximate surface area is 157 Å². The number of fused-ring (bicyclic) bond motifs is 1. The fourth-order valence-electron chi connectivity index (χ4n) is 2.95. The summed E-state index contributed by atoms with van der Waals surface area (Å²) in [6, 6.07) is 10.4. The predicted molar refractivity (Wildman–Crippen MR) is 102 cm³/mol. The molecule has 27 heavy (non-hydrogen) atoms. The first kappa shape index (κ1) is 18.7. The molecule has 0 aliphatic carbocycles. The van der Waals surface area contributed by atoms with Crippen molar-refractivity contribution in [1.29, 1.82) is 5.26 Å². The highest BCUT2D eigenvalue weighted by molar-refractivity contribution is 7.92. The van der Waals surface area contributed by atoms with Crippen LogP contribution in [0.25, 0.3) is 0 Å². The van der Waals surface area contributed by atoms with E-state index in [1.54, 1.807) is 36.5 Å². The van der Waals surface area contributed by atoms with Crippen molar-refractivity contribution in [2.24, 2.45) is 0 Å². The number of hydrogen-bond acceptors (Lipinski definition) is 6. The van der Waals surface area contributed by atoms with Crippen LogP contribution in [0.15, 0.2) is 36.5 Å². The van der Waals surface area contributed by atoms with Gasteiger partial charge in [0.25, 0.3) is 5.91 Å². The van der Waals surface area contributed by atoms with Crippen LogP contribution in [0.1, 0.15) is 21.5 Å². The van der Waals surface area contributed by atoms with E-state index in [2.05, 4.69) is 15.6 Å². The van der Waals surface area contributed by atoms with Crippen molar-refractivity contribution >= 4 is 27.4 Å². The molecule has 1 amide bonds. The number of carbonyl (C=O) groups is 1. The molecule has 8 nitrogen and oxygen atoms in total. The molecule has 2 heterocycles. The number of sulfonamides is 1. The van der Waals surface area contributed by atoms with Crippen molar-refractivity contribution in [3.05, 3.63) is 53.2 Å². The zero-order chi connectivity index (χ0) is 19.4. The van der Waals surface area contributed by atoms with Gasteiger partial charge in [0, 0.05) is 31.4 Å². The second-order valence-corrected chi connectivity index (χ2v) is 8.03. The third kappa shape index (κ3) is 4.17. The Bertz CT molecular complexity index is 1010. The number of anilines is 2. The smallest absolute Gasteiger partial charge is 0.251 e. The first-order valence-corrected chi connectivity index (χ1v) is 10.2. The van der Waals surface area contributed by atoms with E-state index in [-0.39, 0.29) is 5.91 Å². The maximum absolute atomic E-state index is 12.3. The molecule has 1 aromatic heterocycles. The summed E-state index contributed by atoms with van der Waals surface area (Å²) >= 11 is 0. The minimum absolute atomic E-state index is 0.237. The Kier molecular flexibility index (Phi) is 5.28. The highest BCUT2D eigenvalue weighted by Gasteiger charge is 2.26. The molecule has 0 saturated heterocycles. The van der Waals surface area contributed by atoms with Gasteiger partial charge >= 0.3 is 0 Å². The molecular formula is C18H19N5O3S. The first-order valence-electron chi connectivity index (χ1n) is 8.38. The quantitative estimate of drug-likeness (QED) is 0.720. The maximum atomic E-state index is 12.3. The summed E-state index contributed by atoms with van der Waals surface area (Å²) in [4.78, 5) is 16.4. The highest BCUT2D eigenvalue weighted by Crippen LogP contribution is 2.30. The lowest BCUT2D eigenvalue weighted by Gasteiger charge is -2.16. The van der Waals surface area contributed by atoms with Crippen LogP contribution in [0.5, 0.6) is 0 Å². The molecule has 0 spiro atoms.